The summed E-state index contributed by atoms with van der Waals surface area (Å²) in [6, 6.07) is 9.18. The van der Waals surface area contributed by atoms with Crippen LogP contribution in [-0.4, -0.2) is 33.7 Å². The summed E-state index contributed by atoms with van der Waals surface area (Å²) in [6.07, 6.45) is 0. The maximum absolute atomic E-state index is 12.2. The van der Waals surface area contributed by atoms with Crippen LogP contribution in [0.3, 0.4) is 0 Å². The minimum absolute atomic E-state index is 0.0346. The molecule has 0 N–H and O–H groups in total. The molecule has 0 saturated carbocycles. The fraction of sp³-hybridized carbons (Fsp3) is 0.278. The van der Waals surface area contributed by atoms with Gasteiger partial charge in [0.2, 0.25) is 5.78 Å². The number of ketones is 1. The molecule has 0 amide bonds. The number of hydrogen-bond donors (Lipinski definition) is 0. The van der Waals surface area contributed by atoms with E-state index >= 15 is 0 Å². The summed E-state index contributed by atoms with van der Waals surface area (Å²) in [7, 11) is 1.89. The van der Waals surface area contributed by atoms with E-state index in [-0.39, 0.29) is 18.1 Å². The zero-order valence-electron chi connectivity index (χ0n) is 14.2. The highest BCUT2D eigenvalue weighted by molar-refractivity contribution is 7.99. The monoisotopic (exact) mass is 358 g/mol. The van der Waals surface area contributed by atoms with Gasteiger partial charge in [0.25, 0.3) is 5.22 Å². The molecule has 0 radical (unpaired) electrons. The maximum atomic E-state index is 12.2. The van der Waals surface area contributed by atoms with E-state index in [2.05, 4.69) is 4.98 Å². The van der Waals surface area contributed by atoms with E-state index in [0.717, 1.165) is 28.7 Å². The third-order valence-corrected chi connectivity index (χ3v) is 4.83. The van der Waals surface area contributed by atoms with Crippen LogP contribution in [0, 0.1) is 13.8 Å². The number of carbonyl (C=O) groups is 2. The Morgan fingerprint density at radius 3 is 2.72 bits per heavy atom. The molecular weight excluding hydrogens is 340 g/mol. The number of esters is 1. The Morgan fingerprint density at radius 2 is 2.04 bits per heavy atom. The van der Waals surface area contributed by atoms with Crippen LogP contribution in [0.15, 0.2) is 40.0 Å². The van der Waals surface area contributed by atoms with Crippen LogP contribution in [0.5, 0.6) is 0 Å². The highest BCUT2D eigenvalue weighted by Crippen LogP contribution is 2.23. The van der Waals surface area contributed by atoms with Crippen LogP contribution in [0.1, 0.15) is 21.7 Å². The van der Waals surface area contributed by atoms with Crippen LogP contribution >= 0.6 is 11.8 Å². The number of oxazole rings is 1. The SMILES string of the molecule is Cc1cc(C(=O)COC(=O)CSc2nc3ccccc3o2)c(C)n1C. The van der Waals surface area contributed by atoms with Crippen LogP contribution in [0.25, 0.3) is 11.1 Å². The molecule has 3 rings (SSSR count). The van der Waals surface area contributed by atoms with Gasteiger partial charge in [0, 0.05) is 24.0 Å². The fourth-order valence-electron chi connectivity index (χ4n) is 2.44. The standard InChI is InChI=1S/C18H18N2O4S/c1-11-8-13(12(2)20(11)3)15(21)9-23-17(22)10-25-18-19-14-6-4-5-7-16(14)24-18/h4-8H,9-10H2,1-3H3. The predicted octanol–water partition coefficient (Wildman–Crippen LogP) is 3.30. The molecule has 0 saturated heterocycles. The van der Waals surface area contributed by atoms with Crippen molar-refractivity contribution < 1.29 is 18.7 Å². The number of ether oxygens (including phenoxy) is 1. The van der Waals surface area contributed by atoms with Crippen molar-refractivity contribution in [1.29, 1.82) is 0 Å². The molecule has 0 bridgehead atoms. The summed E-state index contributed by atoms with van der Waals surface area (Å²) < 4.78 is 12.5. The lowest BCUT2D eigenvalue weighted by Crippen LogP contribution is -2.16. The van der Waals surface area contributed by atoms with Crippen LogP contribution in [-0.2, 0) is 16.6 Å². The van der Waals surface area contributed by atoms with Gasteiger partial charge in [-0.1, -0.05) is 23.9 Å². The van der Waals surface area contributed by atoms with Gasteiger partial charge in [-0.15, -0.1) is 0 Å². The molecule has 0 aliphatic rings. The van der Waals surface area contributed by atoms with Gasteiger partial charge < -0.3 is 13.7 Å². The molecule has 0 atom stereocenters. The van der Waals surface area contributed by atoms with Gasteiger partial charge >= 0.3 is 5.97 Å². The van der Waals surface area contributed by atoms with Gasteiger partial charge in [0.15, 0.2) is 12.2 Å². The van der Waals surface area contributed by atoms with E-state index < -0.39 is 5.97 Å². The van der Waals surface area contributed by atoms with Crippen LogP contribution in [0.2, 0.25) is 0 Å². The Morgan fingerprint density at radius 1 is 1.28 bits per heavy atom. The first-order chi connectivity index (χ1) is 12.0. The number of para-hydroxylation sites is 2. The van der Waals surface area contributed by atoms with E-state index in [1.807, 2.05) is 49.7 Å². The van der Waals surface area contributed by atoms with E-state index in [0.29, 0.717) is 16.4 Å². The minimum Gasteiger partial charge on any atom is -0.457 e. The largest absolute Gasteiger partial charge is 0.457 e. The molecule has 2 heterocycles. The lowest BCUT2D eigenvalue weighted by molar-refractivity contribution is -0.139. The number of thioether (sulfide) groups is 1. The van der Waals surface area contributed by atoms with Gasteiger partial charge in [0.1, 0.15) is 11.3 Å². The molecule has 25 heavy (non-hydrogen) atoms. The second-order valence-corrected chi connectivity index (χ2v) is 6.59. The highest BCUT2D eigenvalue weighted by Gasteiger charge is 2.16. The molecule has 2 aromatic heterocycles. The Kier molecular flexibility index (Phi) is 4.94. The Bertz CT molecular complexity index is 909. The Hall–Kier alpha value is -2.54. The summed E-state index contributed by atoms with van der Waals surface area (Å²) in [6.45, 7) is 3.52. The molecular formula is C18H18N2O4S. The van der Waals surface area contributed by atoms with Crippen molar-refractivity contribution in [3.63, 3.8) is 0 Å². The number of nitrogens with zero attached hydrogens (tertiary/aromatic N) is 2. The van der Waals surface area contributed by atoms with E-state index in [1.165, 1.54) is 0 Å². The first-order valence-corrected chi connectivity index (χ1v) is 8.74. The number of aromatic nitrogens is 2. The van der Waals surface area contributed by atoms with Crippen LogP contribution < -0.4 is 0 Å². The number of Topliss-reactive ketones (excluding diaryl/α,β-unsaturated/α-hetero) is 1. The van der Waals surface area contributed by atoms with Crippen molar-refractivity contribution in [1.82, 2.24) is 9.55 Å². The third-order valence-electron chi connectivity index (χ3n) is 4.03. The quantitative estimate of drug-likeness (QED) is 0.382. The molecule has 7 heteroatoms. The molecule has 3 aromatic rings. The molecule has 0 aliphatic heterocycles. The molecule has 1 aromatic carbocycles. The van der Waals surface area contributed by atoms with Crippen LogP contribution in [0.4, 0.5) is 0 Å². The third kappa shape index (κ3) is 3.76. The molecule has 0 spiro atoms. The number of benzene rings is 1. The van der Waals surface area contributed by atoms with Gasteiger partial charge in [-0.2, -0.15) is 0 Å². The van der Waals surface area contributed by atoms with Crippen molar-refractivity contribution in [3.8, 4) is 0 Å². The number of aryl methyl sites for hydroxylation is 1. The van der Waals surface area contributed by atoms with Gasteiger partial charge in [0.05, 0.1) is 0 Å². The minimum atomic E-state index is -0.481. The van der Waals surface area contributed by atoms with Gasteiger partial charge in [-0.05, 0) is 32.0 Å². The first-order valence-electron chi connectivity index (χ1n) is 7.76. The second-order valence-electron chi connectivity index (χ2n) is 5.66. The Labute approximate surface area is 149 Å². The van der Waals surface area contributed by atoms with Crippen molar-refractivity contribution in [2.75, 3.05) is 12.4 Å². The molecule has 0 aliphatic carbocycles. The highest BCUT2D eigenvalue weighted by atomic mass is 32.2. The average molecular weight is 358 g/mol. The fourth-order valence-corrected chi connectivity index (χ4v) is 3.07. The summed E-state index contributed by atoms with van der Waals surface area (Å²) in [4.78, 5) is 28.3. The number of hydrogen-bond acceptors (Lipinski definition) is 6. The molecule has 130 valence electrons. The van der Waals surface area contributed by atoms with E-state index in [1.54, 1.807) is 6.07 Å². The maximum Gasteiger partial charge on any atom is 0.316 e. The summed E-state index contributed by atoms with van der Waals surface area (Å²) >= 11 is 1.14. The zero-order chi connectivity index (χ0) is 18.0. The van der Waals surface area contributed by atoms with Crippen molar-refractivity contribution in [2.24, 2.45) is 7.05 Å². The van der Waals surface area contributed by atoms with E-state index in [4.69, 9.17) is 9.15 Å². The van der Waals surface area contributed by atoms with E-state index in [9.17, 15) is 9.59 Å². The smallest absolute Gasteiger partial charge is 0.316 e. The van der Waals surface area contributed by atoms with Crippen molar-refractivity contribution in [2.45, 2.75) is 19.1 Å². The second kappa shape index (κ2) is 7.14. The summed E-state index contributed by atoms with van der Waals surface area (Å²) in [5.74, 6) is -0.653. The number of rotatable bonds is 6. The molecule has 0 fully saturated rings. The predicted molar refractivity (Wildman–Crippen MR) is 94.9 cm³/mol. The first kappa shape index (κ1) is 17.3. The van der Waals surface area contributed by atoms with Crippen molar-refractivity contribution >= 4 is 34.6 Å². The number of fused-ring (bicyclic) bond motifs is 1. The lowest BCUT2D eigenvalue weighted by Gasteiger charge is -2.04. The van der Waals surface area contributed by atoms with Crippen molar-refractivity contribution in [3.05, 3.63) is 47.3 Å². The average Bonchev–Trinajstić information content (AvgIpc) is 3.14. The molecule has 0 unspecified atom stereocenters. The van der Waals surface area contributed by atoms with Gasteiger partial charge in [-0.3, -0.25) is 9.59 Å². The normalized spacial score (nSPS) is 11.0. The summed E-state index contributed by atoms with van der Waals surface area (Å²) in [5.41, 5.74) is 3.84. The Balaban J connectivity index is 1.52. The zero-order valence-corrected chi connectivity index (χ0v) is 15.1. The summed E-state index contributed by atoms with van der Waals surface area (Å²) in [5, 5.41) is 0.402. The van der Waals surface area contributed by atoms with Gasteiger partial charge in [-0.25, -0.2) is 4.98 Å². The molecule has 6 nitrogen and oxygen atoms in total. The lowest BCUT2D eigenvalue weighted by atomic mass is 10.1. The number of carbonyl (C=O) groups excluding carboxylic acids is 2. The topological polar surface area (TPSA) is 74.3 Å².